The average molecular weight is 1070 g/mol. The Balaban J connectivity index is 0.628. The van der Waals surface area contributed by atoms with Crippen molar-refractivity contribution in [2.24, 2.45) is 5.92 Å². The number of aromatic nitrogens is 6. The van der Waals surface area contributed by atoms with Crippen LogP contribution in [0.4, 0.5) is 15.9 Å². The molecule has 20 nitrogen and oxygen atoms in total. The lowest BCUT2D eigenvalue weighted by atomic mass is 9.83. The van der Waals surface area contributed by atoms with Crippen molar-refractivity contribution in [3.8, 4) is 17.0 Å². The lowest BCUT2D eigenvalue weighted by Gasteiger charge is -2.35. The summed E-state index contributed by atoms with van der Waals surface area (Å²) in [7, 11) is 1.73. The molecule has 77 heavy (non-hydrogen) atoms. The van der Waals surface area contributed by atoms with Crippen LogP contribution in [0.15, 0.2) is 72.6 Å². The first-order valence-corrected chi connectivity index (χ1v) is 27.7. The minimum Gasteiger partial charge on any atom is -0.491 e. The summed E-state index contributed by atoms with van der Waals surface area (Å²) in [5.41, 5.74) is 4.27. The number of amides is 4. The van der Waals surface area contributed by atoms with Gasteiger partial charge in [-0.3, -0.25) is 38.4 Å². The number of hydrogen-bond acceptors (Lipinski definition) is 15. The molecule has 5 N–H and O–H groups in total. The molecule has 1 unspecified atom stereocenters. The predicted octanol–water partition coefficient (Wildman–Crippen LogP) is 5.87. The minimum atomic E-state index is -0.599. The van der Waals surface area contributed by atoms with Gasteiger partial charge in [-0.25, -0.2) is 19.3 Å². The second kappa shape index (κ2) is 24.5. The molecule has 6 aromatic rings. The summed E-state index contributed by atoms with van der Waals surface area (Å²) in [6.07, 6.45) is 15.9. The standard InChI is InChI=1S/C55H66FN13O7S/c1-34(57-2)52(72)65-48(36-8-4-3-5-9-36)55(74)68-18-7-12-45(68)53-64-44(33-77-53)49(71)37-10-6-11-40(26-37)76-25-24-75-23-17-58-47(70)32-66-19-21-67(22-20-66)54(73)38-15-16-42(41(56)27-38)62-50-51-59-30-46(39-28-60-61-29-39)69(51)31-43(63-50)35-13-14-35/h6,10-11,15-16,26-31,33-36,45,48,57H,3-5,7-9,12-14,17-25,32H2,1-2H3,(H,58,70)(H,60,61)(H,62,63)(H,65,72)/t34-,45-,48?/m0/s1. The van der Waals surface area contributed by atoms with E-state index in [-0.39, 0.29) is 79.0 Å². The van der Waals surface area contributed by atoms with Gasteiger partial charge in [-0.2, -0.15) is 5.10 Å². The fraction of sp³-hybridized carbons (Fsp3) is 0.473. The number of fused-ring (bicyclic) bond motifs is 1. The molecule has 6 heterocycles. The van der Waals surface area contributed by atoms with Crippen molar-refractivity contribution >= 4 is 57.9 Å². The van der Waals surface area contributed by atoms with Crippen LogP contribution in [0.3, 0.4) is 0 Å². The fourth-order valence-corrected chi connectivity index (χ4v) is 11.4. The number of imidazole rings is 1. The molecule has 2 aliphatic carbocycles. The van der Waals surface area contributed by atoms with Gasteiger partial charge in [-0.05, 0) is 88.7 Å². The monoisotopic (exact) mass is 1070 g/mol. The second-order valence-corrected chi connectivity index (χ2v) is 21.2. The Morgan fingerprint density at radius 3 is 2.49 bits per heavy atom. The van der Waals surface area contributed by atoms with Crippen LogP contribution in [-0.2, 0) is 19.1 Å². The molecule has 0 radical (unpaired) electrons. The van der Waals surface area contributed by atoms with Crippen LogP contribution in [0.2, 0.25) is 0 Å². The highest BCUT2D eigenvalue weighted by Gasteiger charge is 2.40. The summed E-state index contributed by atoms with van der Waals surface area (Å²) < 4.78 is 29.2. The Bertz CT molecular complexity index is 3060. The number of nitrogens with one attached hydrogen (secondary N) is 5. The summed E-state index contributed by atoms with van der Waals surface area (Å²) in [6, 6.07) is 10.0. The normalized spacial score (nSPS) is 18.0. The van der Waals surface area contributed by atoms with E-state index >= 15 is 4.39 Å². The number of rotatable bonds is 22. The molecule has 2 saturated carbocycles. The highest BCUT2D eigenvalue weighted by molar-refractivity contribution is 7.10. The Kier molecular flexibility index (Phi) is 16.9. The Hall–Kier alpha value is -7.14. The summed E-state index contributed by atoms with van der Waals surface area (Å²) in [6.45, 7) is 5.32. The van der Waals surface area contributed by atoms with E-state index in [9.17, 15) is 24.0 Å². The zero-order chi connectivity index (χ0) is 53.4. The number of piperazine rings is 1. The maximum atomic E-state index is 15.7. The number of likely N-dealkylation sites (N-methyl/N-ethyl adjacent to an activating group) is 1. The molecule has 4 fully saturated rings. The molecule has 4 aromatic heterocycles. The molecule has 2 aromatic carbocycles. The van der Waals surface area contributed by atoms with Crippen LogP contribution < -0.4 is 26.0 Å². The van der Waals surface area contributed by atoms with Gasteiger partial charge in [-0.1, -0.05) is 31.4 Å². The molecule has 22 heteroatoms. The third-order valence-electron chi connectivity index (χ3n) is 15.0. The van der Waals surface area contributed by atoms with Crippen LogP contribution in [0, 0.1) is 11.7 Å². The van der Waals surface area contributed by atoms with Gasteiger partial charge in [0, 0.05) is 79.7 Å². The van der Waals surface area contributed by atoms with Crippen LogP contribution in [0.25, 0.3) is 16.9 Å². The Morgan fingerprint density at radius 1 is 0.896 bits per heavy atom. The number of thiazole rings is 1. The average Bonchev–Trinajstić information content (AvgIpc) is 3.94. The van der Waals surface area contributed by atoms with Crippen molar-refractivity contribution in [2.75, 3.05) is 78.0 Å². The van der Waals surface area contributed by atoms with E-state index in [4.69, 9.17) is 19.4 Å². The highest BCUT2D eigenvalue weighted by Crippen LogP contribution is 2.41. The SMILES string of the molecule is CN[C@@H](C)C(=O)NC(C(=O)N1CCC[C@H]1c1nc(C(=O)c2cccc(OCCOCCNC(=O)CN3CCN(C(=O)c4ccc(Nc5nc(C6CC6)cn6c(-c7cn[nH]c7)cnc56)c(F)c4)CC3)c2)cs1)C1CCCCC1. The van der Waals surface area contributed by atoms with Crippen molar-refractivity contribution in [1.29, 1.82) is 0 Å². The number of carbonyl (C=O) groups excluding carboxylic acids is 5. The van der Waals surface area contributed by atoms with Gasteiger partial charge in [-0.15, -0.1) is 11.3 Å². The number of nitrogens with zero attached hydrogens (tertiary/aromatic N) is 8. The molecule has 2 saturated heterocycles. The molecule has 4 amide bonds. The summed E-state index contributed by atoms with van der Waals surface area (Å²) in [4.78, 5) is 86.8. The van der Waals surface area contributed by atoms with Crippen LogP contribution in [0.5, 0.6) is 5.75 Å². The largest absolute Gasteiger partial charge is 0.491 e. The van der Waals surface area contributed by atoms with E-state index in [1.54, 1.807) is 79.2 Å². The number of hydrogen-bond donors (Lipinski definition) is 5. The molecule has 406 valence electrons. The molecule has 10 rings (SSSR count). The smallest absolute Gasteiger partial charge is 0.254 e. The lowest BCUT2D eigenvalue weighted by Crippen LogP contribution is -2.55. The first-order valence-electron chi connectivity index (χ1n) is 26.8. The van der Waals surface area contributed by atoms with Gasteiger partial charge in [0.25, 0.3) is 5.91 Å². The molecular weight excluding hydrogens is 1010 g/mol. The summed E-state index contributed by atoms with van der Waals surface area (Å²) in [5, 5.41) is 21.4. The van der Waals surface area contributed by atoms with Crippen LogP contribution >= 0.6 is 11.3 Å². The zero-order valence-electron chi connectivity index (χ0n) is 43.5. The van der Waals surface area contributed by atoms with Gasteiger partial charge in [0.05, 0.1) is 61.3 Å². The Labute approximate surface area is 449 Å². The van der Waals surface area contributed by atoms with Crippen LogP contribution in [-0.4, -0.2) is 158 Å². The number of H-pyrrole nitrogens is 1. The number of likely N-dealkylation sites (tertiary alicyclic amines) is 1. The zero-order valence-corrected chi connectivity index (χ0v) is 44.3. The highest BCUT2D eigenvalue weighted by atomic mass is 32.1. The topological polar surface area (TPSA) is 233 Å². The molecule has 0 spiro atoms. The molecule has 4 aliphatic rings. The van der Waals surface area contributed by atoms with Crippen molar-refractivity contribution in [3.05, 3.63) is 106 Å². The van der Waals surface area contributed by atoms with Gasteiger partial charge in [0.2, 0.25) is 23.5 Å². The fourth-order valence-electron chi connectivity index (χ4n) is 10.4. The third kappa shape index (κ3) is 12.7. The number of aromatic amines is 1. The van der Waals surface area contributed by atoms with E-state index in [1.165, 1.54) is 17.4 Å². The molecule has 0 bridgehead atoms. The number of anilines is 2. The van der Waals surface area contributed by atoms with E-state index in [2.05, 4.69) is 36.4 Å². The van der Waals surface area contributed by atoms with Crippen molar-refractivity contribution < 1.29 is 37.8 Å². The van der Waals surface area contributed by atoms with E-state index in [0.29, 0.717) is 78.7 Å². The molecular formula is C55H66FN13O7S. The van der Waals surface area contributed by atoms with Crippen molar-refractivity contribution in [3.63, 3.8) is 0 Å². The summed E-state index contributed by atoms with van der Waals surface area (Å²) >= 11 is 1.37. The minimum absolute atomic E-state index is 0.0756. The first kappa shape index (κ1) is 53.3. The van der Waals surface area contributed by atoms with Gasteiger partial charge >= 0.3 is 0 Å². The predicted molar refractivity (Wildman–Crippen MR) is 287 cm³/mol. The molecule has 3 atom stereocenters. The van der Waals surface area contributed by atoms with Crippen LogP contribution in [0.1, 0.15) is 114 Å². The van der Waals surface area contributed by atoms with Gasteiger partial charge in [0.15, 0.2) is 11.5 Å². The van der Waals surface area contributed by atoms with E-state index in [0.717, 1.165) is 74.7 Å². The van der Waals surface area contributed by atoms with Crippen molar-refractivity contribution in [1.82, 2.24) is 60.2 Å². The molecule has 2 aliphatic heterocycles. The lowest BCUT2D eigenvalue weighted by molar-refractivity contribution is -0.139. The van der Waals surface area contributed by atoms with E-state index in [1.807, 2.05) is 20.4 Å². The van der Waals surface area contributed by atoms with E-state index < -0.39 is 17.9 Å². The maximum Gasteiger partial charge on any atom is 0.254 e. The second-order valence-electron chi connectivity index (χ2n) is 20.3. The third-order valence-corrected chi connectivity index (χ3v) is 16.0. The van der Waals surface area contributed by atoms with Gasteiger partial charge < -0.3 is 40.5 Å². The number of ether oxygens (including phenoxy) is 2. The van der Waals surface area contributed by atoms with Gasteiger partial charge in [0.1, 0.15) is 34.9 Å². The Morgan fingerprint density at radius 2 is 1.73 bits per heavy atom. The van der Waals surface area contributed by atoms with Crippen molar-refractivity contribution in [2.45, 2.75) is 88.8 Å². The maximum absolute atomic E-state index is 15.7. The number of carbonyl (C=O) groups is 5. The quantitative estimate of drug-likeness (QED) is 0.0395. The summed E-state index contributed by atoms with van der Waals surface area (Å²) in [5.74, 6) is -0.213. The number of ketones is 1. The number of halogens is 1. The number of benzene rings is 2. The first-order chi connectivity index (χ1) is 37.5.